The number of anilines is 3. The first kappa shape index (κ1) is 25.7. The van der Waals surface area contributed by atoms with Gasteiger partial charge in [0, 0.05) is 37.0 Å². The van der Waals surface area contributed by atoms with Crippen molar-refractivity contribution in [2.75, 3.05) is 50.3 Å². The lowest BCUT2D eigenvalue weighted by molar-refractivity contribution is -0.118. The van der Waals surface area contributed by atoms with Gasteiger partial charge in [0.05, 0.1) is 29.6 Å². The second-order valence-electron chi connectivity index (χ2n) is 9.00. The van der Waals surface area contributed by atoms with Crippen LogP contribution in [0.2, 0.25) is 0 Å². The Bertz CT molecular complexity index is 1350. The molecule has 0 saturated heterocycles. The summed E-state index contributed by atoms with van der Waals surface area (Å²) in [6.07, 6.45) is 0.431. The van der Waals surface area contributed by atoms with E-state index >= 15 is 0 Å². The summed E-state index contributed by atoms with van der Waals surface area (Å²) in [5, 5.41) is 6.28. The Morgan fingerprint density at radius 1 is 0.919 bits per heavy atom. The van der Waals surface area contributed by atoms with Gasteiger partial charge in [0.1, 0.15) is 0 Å². The van der Waals surface area contributed by atoms with Crippen LogP contribution in [-0.2, 0) is 14.3 Å². The van der Waals surface area contributed by atoms with E-state index in [1.807, 2.05) is 73.6 Å². The molecule has 1 heterocycles. The van der Waals surface area contributed by atoms with Gasteiger partial charge in [0.2, 0.25) is 5.91 Å². The fourth-order valence-corrected chi connectivity index (χ4v) is 4.09. The van der Waals surface area contributed by atoms with E-state index in [0.717, 1.165) is 16.9 Å². The summed E-state index contributed by atoms with van der Waals surface area (Å²) in [7, 11) is 6.96. The van der Waals surface area contributed by atoms with Crippen LogP contribution in [0, 0.1) is 0 Å². The predicted molar refractivity (Wildman–Crippen MR) is 146 cm³/mol. The Morgan fingerprint density at radius 2 is 1.62 bits per heavy atom. The molecule has 37 heavy (non-hydrogen) atoms. The van der Waals surface area contributed by atoms with E-state index in [1.54, 1.807) is 30.1 Å². The quantitative estimate of drug-likeness (QED) is 0.355. The Balaban J connectivity index is 1.67. The van der Waals surface area contributed by atoms with Crippen LogP contribution in [0.3, 0.4) is 0 Å². The molecule has 0 bridgehead atoms. The molecule has 0 aliphatic carbocycles. The highest BCUT2D eigenvalue weighted by molar-refractivity contribution is 6.37. The average Bonchev–Trinajstić information content (AvgIpc) is 3.24. The zero-order chi connectivity index (χ0) is 26.5. The van der Waals surface area contributed by atoms with E-state index in [0.29, 0.717) is 41.1 Å². The minimum Gasteiger partial charge on any atom is -0.465 e. The third-order valence-corrected chi connectivity index (χ3v) is 6.17. The Morgan fingerprint density at radius 3 is 2.27 bits per heavy atom. The maximum atomic E-state index is 13.1. The average molecular weight is 499 g/mol. The van der Waals surface area contributed by atoms with E-state index in [1.165, 1.54) is 7.11 Å². The predicted octanol–water partition coefficient (Wildman–Crippen LogP) is 4.32. The number of methoxy groups -OCH3 is 1. The summed E-state index contributed by atoms with van der Waals surface area (Å²) in [5.74, 6) is -0.709. The van der Waals surface area contributed by atoms with Crippen molar-refractivity contribution in [3.05, 3.63) is 89.5 Å². The van der Waals surface area contributed by atoms with Crippen molar-refractivity contribution in [3.8, 4) is 0 Å². The van der Waals surface area contributed by atoms with Gasteiger partial charge in [-0.15, -0.1) is 0 Å². The van der Waals surface area contributed by atoms with E-state index in [4.69, 9.17) is 4.74 Å². The first-order valence-corrected chi connectivity index (χ1v) is 11.9. The van der Waals surface area contributed by atoms with E-state index in [2.05, 4.69) is 10.6 Å². The topological polar surface area (TPSA) is 91.0 Å². The number of nitrogens with zero attached hydrogens (tertiary/aromatic N) is 2. The Hall–Kier alpha value is -4.43. The van der Waals surface area contributed by atoms with Gasteiger partial charge in [-0.1, -0.05) is 36.4 Å². The summed E-state index contributed by atoms with van der Waals surface area (Å²) in [5.41, 5.74) is 5.07. The zero-order valence-corrected chi connectivity index (χ0v) is 21.4. The van der Waals surface area contributed by atoms with Gasteiger partial charge in [0.15, 0.2) is 0 Å². The minimum absolute atomic E-state index is 0.0343. The van der Waals surface area contributed by atoms with Crippen molar-refractivity contribution >= 4 is 46.1 Å². The molecule has 8 nitrogen and oxygen atoms in total. The monoisotopic (exact) mass is 498 g/mol. The van der Waals surface area contributed by atoms with Gasteiger partial charge in [-0.25, -0.2) is 4.79 Å². The molecule has 8 heteroatoms. The second-order valence-corrected chi connectivity index (χ2v) is 9.00. The molecule has 0 atom stereocenters. The van der Waals surface area contributed by atoms with Gasteiger partial charge in [-0.3, -0.25) is 9.59 Å². The van der Waals surface area contributed by atoms with Gasteiger partial charge in [-0.05, 0) is 56.1 Å². The molecule has 3 aromatic carbocycles. The molecular formula is C29H30N4O4. The number of hydrogen-bond acceptors (Lipinski definition) is 6. The summed E-state index contributed by atoms with van der Waals surface area (Å²) in [4.78, 5) is 41.2. The second kappa shape index (κ2) is 11.1. The maximum Gasteiger partial charge on any atom is 0.337 e. The fourth-order valence-electron chi connectivity index (χ4n) is 4.09. The number of carbonyl (C=O) groups is 3. The first-order chi connectivity index (χ1) is 17.8. The highest BCUT2D eigenvalue weighted by Crippen LogP contribution is 2.38. The summed E-state index contributed by atoms with van der Waals surface area (Å²) < 4.78 is 4.81. The van der Waals surface area contributed by atoms with Crippen LogP contribution in [0.25, 0.3) is 11.3 Å². The summed E-state index contributed by atoms with van der Waals surface area (Å²) in [6.45, 7) is 0.682. The molecule has 0 fully saturated rings. The molecule has 0 aromatic heterocycles. The van der Waals surface area contributed by atoms with E-state index < -0.39 is 5.97 Å². The Labute approximate surface area is 216 Å². The van der Waals surface area contributed by atoms with Crippen molar-refractivity contribution in [3.63, 3.8) is 0 Å². The van der Waals surface area contributed by atoms with Crippen molar-refractivity contribution in [1.82, 2.24) is 4.90 Å². The normalized spacial score (nSPS) is 13.6. The third kappa shape index (κ3) is 5.70. The van der Waals surface area contributed by atoms with Crippen LogP contribution < -0.4 is 15.5 Å². The molecule has 190 valence electrons. The molecule has 3 aromatic rings. The van der Waals surface area contributed by atoms with Crippen LogP contribution in [-0.4, -0.2) is 57.5 Å². The number of rotatable bonds is 8. The van der Waals surface area contributed by atoms with Gasteiger partial charge in [-0.2, -0.15) is 0 Å². The number of esters is 1. The number of fused-ring (bicyclic) bond motifs is 1. The van der Waals surface area contributed by atoms with E-state index in [9.17, 15) is 14.4 Å². The van der Waals surface area contributed by atoms with Gasteiger partial charge < -0.3 is 25.2 Å². The number of ether oxygens (including phenoxy) is 1. The molecule has 1 aliphatic heterocycles. The summed E-state index contributed by atoms with van der Waals surface area (Å²) in [6, 6.07) is 22.1. The smallest absolute Gasteiger partial charge is 0.337 e. The van der Waals surface area contributed by atoms with Crippen LogP contribution in [0.4, 0.5) is 17.1 Å². The number of hydrogen-bond donors (Lipinski definition) is 2. The van der Waals surface area contributed by atoms with Crippen molar-refractivity contribution < 1.29 is 19.1 Å². The molecule has 2 N–H and O–H groups in total. The lowest BCUT2D eigenvalue weighted by Gasteiger charge is -2.20. The number of amides is 2. The number of carbonyl (C=O) groups excluding carboxylic acids is 3. The highest BCUT2D eigenvalue weighted by atomic mass is 16.5. The van der Waals surface area contributed by atoms with Crippen LogP contribution in [0.15, 0.2) is 72.8 Å². The largest absolute Gasteiger partial charge is 0.465 e. The zero-order valence-electron chi connectivity index (χ0n) is 21.4. The summed E-state index contributed by atoms with van der Waals surface area (Å²) >= 11 is 0. The van der Waals surface area contributed by atoms with Crippen molar-refractivity contribution in [2.24, 2.45) is 0 Å². The standard InChI is InChI=1S/C29H30N4O4/c1-32(2)17-16-25(34)33(3)22-13-11-21(12-14-22)30-27(19-8-6-5-7-9-19)26-23-15-10-20(29(36)37-4)18-24(23)31-28(26)35/h5-15,18,30H,16-17H2,1-4H3,(H,31,35)/b27-26-. The molecule has 4 rings (SSSR count). The maximum absolute atomic E-state index is 13.1. The Kier molecular flexibility index (Phi) is 7.69. The number of nitrogens with one attached hydrogen (secondary N) is 2. The van der Waals surface area contributed by atoms with Crippen molar-refractivity contribution in [2.45, 2.75) is 6.42 Å². The van der Waals surface area contributed by atoms with Gasteiger partial charge in [0.25, 0.3) is 5.91 Å². The van der Waals surface area contributed by atoms with Gasteiger partial charge >= 0.3 is 5.97 Å². The minimum atomic E-state index is -0.471. The molecular weight excluding hydrogens is 468 g/mol. The lowest BCUT2D eigenvalue weighted by atomic mass is 9.99. The van der Waals surface area contributed by atoms with Crippen LogP contribution in [0.1, 0.15) is 27.9 Å². The third-order valence-electron chi connectivity index (χ3n) is 6.17. The number of benzene rings is 3. The molecule has 2 amide bonds. The van der Waals surface area contributed by atoms with Crippen molar-refractivity contribution in [1.29, 1.82) is 0 Å². The molecule has 0 unspecified atom stereocenters. The molecule has 0 radical (unpaired) electrons. The molecule has 0 spiro atoms. The SMILES string of the molecule is COC(=O)c1ccc2c(c1)NC(=O)/C2=C(\Nc1ccc(N(C)C(=O)CCN(C)C)cc1)c1ccccc1. The first-order valence-electron chi connectivity index (χ1n) is 11.9. The highest BCUT2D eigenvalue weighted by Gasteiger charge is 2.29. The molecule has 1 aliphatic rings. The lowest BCUT2D eigenvalue weighted by Crippen LogP contribution is -2.29. The van der Waals surface area contributed by atoms with Crippen LogP contribution in [0.5, 0.6) is 0 Å². The van der Waals surface area contributed by atoms with E-state index in [-0.39, 0.29) is 11.8 Å². The van der Waals surface area contributed by atoms with Crippen LogP contribution >= 0.6 is 0 Å². The molecule has 0 saturated carbocycles. The fraction of sp³-hybridized carbons (Fsp3) is 0.207.